The van der Waals surface area contributed by atoms with Gasteiger partial charge >= 0.3 is 0 Å². The van der Waals surface area contributed by atoms with Gasteiger partial charge in [-0.15, -0.1) is 0 Å². The monoisotopic (exact) mass is 510 g/mol. The van der Waals surface area contributed by atoms with Gasteiger partial charge in [-0.2, -0.15) is 5.10 Å². The molecule has 34 heavy (non-hydrogen) atoms. The zero-order chi connectivity index (χ0) is 23.8. The Bertz CT molecular complexity index is 1310. The van der Waals surface area contributed by atoms with Gasteiger partial charge in [0, 0.05) is 23.3 Å². The van der Waals surface area contributed by atoms with Crippen molar-refractivity contribution in [3.63, 3.8) is 0 Å². The summed E-state index contributed by atoms with van der Waals surface area (Å²) in [6, 6.07) is 19.2. The number of ether oxygens (including phenoxy) is 1. The SMILES string of the molecule is CNc1ccc(C2N=C3SC(c4ccc(Cl)cc4Cl)=NN3C(c3ccc(OC)cc3)C2=O)cc1. The smallest absolute Gasteiger partial charge is 0.190 e. The number of anilines is 1. The van der Waals surface area contributed by atoms with Crippen molar-refractivity contribution in [1.29, 1.82) is 0 Å². The van der Waals surface area contributed by atoms with Crippen molar-refractivity contribution in [2.24, 2.45) is 10.1 Å². The normalized spacial score (nSPS) is 19.4. The van der Waals surface area contributed by atoms with Gasteiger partial charge < -0.3 is 10.1 Å². The number of amidine groups is 1. The molecule has 2 unspecified atom stereocenters. The molecule has 2 atom stereocenters. The molecule has 0 fully saturated rings. The quantitative estimate of drug-likeness (QED) is 0.444. The average molecular weight is 511 g/mol. The summed E-state index contributed by atoms with van der Waals surface area (Å²) in [7, 11) is 3.47. The predicted octanol–water partition coefficient (Wildman–Crippen LogP) is 6.18. The first-order valence-corrected chi connectivity index (χ1v) is 12.1. The number of carbonyl (C=O) groups excluding carboxylic acids is 1. The number of halogens is 2. The van der Waals surface area contributed by atoms with Gasteiger partial charge in [-0.05, 0) is 65.4 Å². The summed E-state index contributed by atoms with van der Waals surface area (Å²) in [5.74, 6) is 0.659. The second kappa shape index (κ2) is 9.33. The Kier molecular flexibility index (Phi) is 6.25. The highest BCUT2D eigenvalue weighted by Gasteiger charge is 2.44. The Hall–Kier alpha value is -3.00. The van der Waals surface area contributed by atoms with Crippen molar-refractivity contribution in [2.75, 3.05) is 19.5 Å². The van der Waals surface area contributed by atoms with Crippen molar-refractivity contribution in [3.8, 4) is 5.75 Å². The largest absolute Gasteiger partial charge is 0.497 e. The number of methoxy groups -OCH3 is 1. The third-order valence-corrected chi connectivity index (χ3v) is 7.23. The fourth-order valence-corrected chi connectivity index (χ4v) is 5.47. The molecule has 0 bridgehead atoms. The summed E-state index contributed by atoms with van der Waals surface area (Å²) in [5, 5.41) is 11.9. The number of Topliss-reactive ketones (excluding diaryl/α,β-unsaturated/α-hetero) is 1. The number of nitrogens with zero attached hydrogens (tertiary/aromatic N) is 3. The Labute approximate surface area is 211 Å². The summed E-state index contributed by atoms with van der Waals surface area (Å²) in [5.41, 5.74) is 3.34. The number of benzene rings is 3. The molecule has 0 amide bonds. The summed E-state index contributed by atoms with van der Waals surface area (Å²) >= 11 is 13.9. The Morgan fingerprint density at radius 2 is 1.71 bits per heavy atom. The molecule has 0 spiro atoms. The van der Waals surface area contributed by atoms with Crippen molar-refractivity contribution in [3.05, 3.63) is 93.5 Å². The highest BCUT2D eigenvalue weighted by molar-refractivity contribution is 8.27. The van der Waals surface area contributed by atoms with Gasteiger partial charge in [0.1, 0.15) is 22.9 Å². The van der Waals surface area contributed by atoms with Gasteiger partial charge in [-0.3, -0.25) is 4.79 Å². The molecule has 2 heterocycles. The molecule has 3 aromatic rings. The van der Waals surface area contributed by atoms with Crippen molar-refractivity contribution in [1.82, 2.24) is 5.01 Å². The lowest BCUT2D eigenvalue weighted by atomic mass is 9.92. The molecular weight excluding hydrogens is 491 g/mol. The number of hydrogen-bond donors (Lipinski definition) is 1. The first kappa shape index (κ1) is 22.8. The van der Waals surface area contributed by atoms with Crippen LogP contribution in [0, 0.1) is 0 Å². The zero-order valence-electron chi connectivity index (χ0n) is 18.3. The predicted molar refractivity (Wildman–Crippen MR) is 139 cm³/mol. The topological polar surface area (TPSA) is 66.3 Å². The maximum Gasteiger partial charge on any atom is 0.190 e. The van der Waals surface area contributed by atoms with Gasteiger partial charge in [0.25, 0.3) is 0 Å². The maximum atomic E-state index is 13.8. The van der Waals surface area contributed by atoms with Crippen molar-refractivity contribution < 1.29 is 9.53 Å². The minimum Gasteiger partial charge on any atom is -0.497 e. The van der Waals surface area contributed by atoms with E-state index in [0.717, 1.165) is 22.4 Å². The fourth-order valence-electron chi connectivity index (χ4n) is 3.93. The van der Waals surface area contributed by atoms with E-state index in [1.165, 1.54) is 11.8 Å². The Morgan fingerprint density at radius 1 is 1.00 bits per heavy atom. The van der Waals surface area contributed by atoms with Crippen LogP contribution in [0.25, 0.3) is 0 Å². The fraction of sp³-hybridized carbons (Fsp3) is 0.160. The van der Waals surface area contributed by atoms with E-state index in [0.29, 0.717) is 26.0 Å². The van der Waals surface area contributed by atoms with Crippen LogP contribution in [0.15, 0.2) is 76.8 Å². The first-order chi connectivity index (χ1) is 16.5. The molecule has 9 heteroatoms. The Morgan fingerprint density at radius 3 is 2.35 bits per heavy atom. The third-order valence-electron chi connectivity index (χ3n) is 5.71. The van der Waals surface area contributed by atoms with E-state index in [1.54, 1.807) is 24.3 Å². The van der Waals surface area contributed by atoms with Crippen LogP contribution >= 0.6 is 35.0 Å². The van der Waals surface area contributed by atoms with Crippen LogP contribution < -0.4 is 10.1 Å². The summed E-state index contributed by atoms with van der Waals surface area (Å²) < 4.78 is 5.29. The molecule has 0 aromatic heterocycles. The Balaban J connectivity index is 1.59. The van der Waals surface area contributed by atoms with Crippen LogP contribution in [0.3, 0.4) is 0 Å². The number of carbonyl (C=O) groups is 1. The molecule has 0 saturated carbocycles. The molecule has 0 saturated heterocycles. The second-order valence-electron chi connectivity index (χ2n) is 7.74. The molecular formula is C25H20Cl2N4O2S. The molecule has 1 N–H and O–H groups in total. The van der Waals surface area contributed by atoms with Gasteiger partial charge in [-0.25, -0.2) is 10.0 Å². The van der Waals surface area contributed by atoms with Crippen LogP contribution in [0.4, 0.5) is 5.69 Å². The van der Waals surface area contributed by atoms with E-state index in [2.05, 4.69) is 5.32 Å². The second-order valence-corrected chi connectivity index (χ2v) is 9.54. The molecule has 172 valence electrons. The molecule has 2 aliphatic rings. The number of thioether (sulfide) groups is 1. The molecule has 0 radical (unpaired) electrons. The number of fused-ring (bicyclic) bond motifs is 1. The minimum atomic E-state index is -0.646. The maximum absolute atomic E-state index is 13.8. The first-order valence-electron chi connectivity index (χ1n) is 10.5. The molecule has 0 aliphatic carbocycles. The zero-order valence-corrected chi connectivity index (χ0v) is 20.7. The number of ketones is 1. The number of nitrogens with one attached hydrogen (secondary N) is 1. The van der Waals surface area contributed by atoms with Crippen LogP contribution in [-0.2, 0) is 4.79 Å². The van der Waals surface area contributed by atoms with Crippen LogP contribution in [0.2, 0.25) is 10.0 Å². The van der Waals surface area contributed by atoms with Gasteiger partial charge in [0.15, 0.2) is 11.0 Å². The van der Waals surface area contributed by atoms with Crippen molar-refractivity contribution in [2.45, 2.75) is 12.1 Å². The van der Waals surface area contributed by atoms with E-state index in [9.17, 15) is 4.79 Å². The minimum absolute atomic E-state index is 0.0565. The van der Waals surface area contributed by atoms with Crippen LogP contribution in [-0.4, -0.2) is 35.2 Å². The lowest BCUT2D eigenvalue weighted by Crippen LogP contribution is -2.38. The third kappa shape index (κ3) is 4.15. The molecule has 5 rings (SSSR count). The number of hydrazone groups is 1. The van der Waals surface area contributed by atoms with E-state index < -0.39 is 12.1 Å². The summed E-state index contributed by atoms with van der Waals surface area (Å²) in [6.45, 7) is 0. The lowest BCUT2D eigenvalue weighted by molar-refractivity contribution is -0.125. The number of hydrogen-bond acceptors (Lipinski definition) is 7. The highest BCUT2D eigenvalue weighted by atomic mass is 35.5. The van der Waals surface area contributed by atoms with E-state index in [1.807, 2.05) is 61.6 Å². The van der Waals surface area contributed by atoms with Crippen molar-refractivity contribution >= 4 is 56.6 Å². The van der Waals surface area contributed by atoms with E-state index >= 15 is 0 Å². The summed E-state index contributed by atoms with van der Waals surface area (Å²) in [6.07, 6.45) is 0. The van der Waals surface area contributed by atoms with E-state index in [-0.39, 0.29) is 5.78 Å². The number of aliphatic imine (C=N–C) groups is 1. The van der Waals surface area contributed by atoms with Crippen LogP contribution in [0.5, 0.6) is 5.75 Å². The standard InChI is InChI=1S/C25H20Cl2N4O2S/c1-28-17-8-3-14(4-9-17)21-23(32)22(15-5-10-18(33-2)11-6-15)31-25(29-21)34-24(30-31)19-12-7-16(26)13-20(19)27/h3-13,21-22,28H,1-2H3. The molecule has 3 aromatic carbocycles. The van der Waals surface area contributed by atoms with Gasteiger partial charge in [0.2, 0.25) is 0 Å². The molecule has 6 nitrogen and oxygen atoms in total. The van der Waals surface area contributed by atoms with Gasteiger partial charge in [-0.1, -0.05) is 47.5 Å². The molecule has 2 aliphatic heterocycles. The summed E-state index contributed by atoms with van der Waals surface area (Å²) in [4.78, 5) is 18.6. The number of rotatable bonds is 5. The van der Waals surface area contributed by atoms with E-state index in [4.69, 9.17) is 38.0 Å². The highest BCUT2D eigenvalue weighted by Crippen LogP contribution is 2.43. The van der Waals surface area contributed by atoms with Crippen LogP contribution in [0.1, 0.15) is 28.8 Å². The lowest BCUT2D eigenvalue weighted by Gasteiger charge is -2.32. The average Bonchev–Trinajstić information content (AvgIpc) is 3.27. The van der Waals surface area contributed by atoms with Gasteiger partial charge in [0.05, 0.1) is 12.1 Å².